The molecule has 1 saturated heterocycles. The first-order valence-electron chi connectivity index (χ1n) is 6.65. The number of ether oxygens (including phenoxy) is 3. The van der Waals surface area contributed by atoms with Gasteiger partial charge in [0, 0.05) is 26.2 Å². The third-order valence-electron chi connectivity index (χ3n) is 3.64. The third-order valence-corrected chi connectivity index (χ3v) is 3.64. The van der Waals surface area contributed by atoms with E-state index >= 15 is 0 Å². The molecule has 1 fully saturated rings. The summed E-state index contributed by atoms with van der Waals surface area (Å²) in [6.07, 6.45) is 0. The number of nitriles is 1. The molecule has 6 nitrogen and oxygen atoms in total. The van der Waals surface area contributed by atoms with Crippen molar-refractivity contribution in [1.29, 1.82) is 5.26 Å². The second-order valence-electron chi connectivity index (χ2n) is 4.77. The van der Waals surface area contributed by atoms with Crippen LogP contribution < -0.4 is 19.5 Å². The second-order valence-corrected chi connectivity index (χ2v) is 4.77. The molecular weight excluding hydrogens is 258 g/mol. The minimum absolute atomic E-state index is 0.194. The fourth-order valence-corrected chi connectivity index (χ4v) is 2.62. The maximum absolute atomic E-state index is 9.52. The van der Waals surface area contributed by atoms with Crippen molar-refractivity contribution in [2.75, 3.05) is 40.1 Å². The summed E-state index contributed by atoms with van der Waals surface area (Å²) in [6, 6.07) is 5.83. The smallest absolute Gasteiger partial charge is 0.231 e. The van der Waals surface area contributed by atoms with Gasteiger partial charge in [-0.3, -0.25) is 4.90 Å². The van der Waals surface area contributed by atoms with Crippen molar-refractivity contribution in [3.63, 3.8) is 0 Å². The molecule has 0 amide bonds. The van der Waals surface area contributed by atoms with E-state index < -0.39 is 0 Å². The van der Waals surface area contributed by atoms with Crippen LogP contribution in [0.4, 0.5) is 0 Å². The zero-order valence-electron chi connectivity index (χ0n) is 11.4. The minimum atomic E-state index is -0.291. The van der Waals surface area contributed by atoms with Crippen molar-refractivity contribution < 1.29 is 14.2 Å². The summed E-state index contributed by atoms with van der Waals surface area (Å²) in [5.41, 5.74) is 0.885. The average molecular weight is 275 g/mol. The summed E-state index contributed by atoms with van der Waals surface area (Å²) in [6.45, 7) is 3.71. The van der Waals surface area contributed by atoms with Gasteiger partial charge in [0.05, 0.1) is 13.2 Å². The zero-order valence-corrected chi connectivity index (χ0v) is 11.4. The topological polar surface area (TPSA) is 66.8 Å². The lowest BCUT2D eigenvalue weighted by Gasteiger charge is -2.31. The normalized spacial score (nSPS) is 19.4. The van der Waals surface area contributed by atoms with Gasteiger partial charge in [0.15, 0.2) is 11.5 Å². The SMILES string of the molecule is COc1cc(C(C#N)N2CCNCC2)cc2c1OCO2. The van der Waals surface area contributed by atoms with E-state index in [0.717, 1.165) is 31.7 Å². The fraction of sp³-hybridized carbons (Fsp3) is 0.500. The lowest BCUT2D eigenvalue weighted by molar-refractivity contribution is 0.171. The lowest BCUT2D eigenvalue weighted by Crippen LogP contribution is -2.44. The molecule has 0 radical (unpaired) electrons. The van der Waals surface area contributed by atoms with E-state index in [4.69, 9.17) is 14.2 Å². The van der Waals surface area contributed by atoms with Crippen LogP contribution in [0.15, 0.2) is 12.1 Å². The van der Waals surface area contributed by atoms with Gasteiger partial charge in [-0.1, -0.05) is 0 Å². The number of methoxy groups -OCH3 is 1. The van der Waals surface area contributed by atoms with Crippen LogP contribution >= 0.6 is 0 Å². The number of nitrogens with one attached hydrogen (secondary N) is 1. The third kappa shape index (κ3) is 2.26. The molecule has 0 aromatic heterocycles. The number of benzene rings is 1. The van der Waals surface area contributed by atoms with Crippen molar-refractivity contribution in [2.24, 2.45) is 0 Å². The summed E-state index contributed by atoms with van der Waals surface area (Å²) in [7, 11) is 1.59. The molecule has 2 heterocycles. The number of hydrogen-bond acceptors (Lipinski definition) is 6. The van der Waals surface area contributed by atoms with Crippen LogP contribution in [0.25, 0.3) is 0 Å². The van der Waals surface area contributed by atoms with Gasteiger partial charge >= 0.3 is 0 Å². The molecule has 0 bridgehead atoms. The van der Waals surface area contributed by atoms with Crippen LogP contribution in [-0.4, -0.2) is 45.0 Å². The average Bonchev–Trinajstić information content (AvgIpc) is 2.97. The molecule has 0 aliphatic carbocycles. The van der Waals surface area contributed by atoms with Crippen LogP contribution in [0.2, 0.25) is 0 Å². The van der Waals surface area contributed by atoms with E-state index in [2.05, 4.69) is 16.3 Å². The van der Waals surface area contributed by atoms with E-state index in [1.165, 1.54) is 0 Å². The van der Waals surface area contributed by atoms with Crippen molar-refractivity contribution in [3.05, 3.63) is 17.7 Å². The molecule has 2 aliphatic rings. The van der Waals surface area contributed by atoms with Gasteiger partial charge in [0.25, 0.3) is 0 Å². The van der Waals surface area contributed by atoms with Crippen LogP contribution in [0.3, 0.4) is 0 Å². The highest BCUT2D eigenvalue weighted by molar-refractivity contribution is 5.56. The van der Waals surface area contributed by atoms with E-state index in [1.54, 1.807) is 7.11 Å². The Balaban J connectivity index is 1.93. The molecule has 3 rings (SSSR count). The number of rotatable bonds is 3. The quantitative estimate of drug-likeness (QED) is 0.884. The predicted molar refractivity (Wildman–Crippen MR) is 71.9 cm³/mol. The molecule has 1 unspecified atom stereocenters. The first-order valence-corrected chi connectivity index (χ1v) is 6.65. The van der Waals surface area contributed by atoms with Crippen molar-refractivity contribution in [2.45, 2.75) is 6.04 Å². The van der Waals surface area contributed by atoms with Crippen molar-refractivity contribution in [3.8, 4) is 23.3 Å². The summed E-state index contributed by atoms with van der Waals surface area (Å²) in [4.78, 5) is 2.16. The second kappa shape index (κ2) is 5.57. The summed E-state index contributed by atoms with van der Waals surface area (Å²) >= 11 is 0. The van der Waals surface area contributed by atoms with Crippen molar-refractivity contribution >= 4 is 0 Å². The minimum Gasteiger partial charge on any atom is -0.493 e. The molecule has 0 spiro atoms. The molecule has 1 aromatic rings. The Hall–Kier alpha value is -1.97. The van der Waals surface area contributed by atoms with Crippen LogP contribution in [0, 0.1) is 11.3 Å². The number of piperazine rings is 1. The maximum atomic E-state index is 9.52. The van der Waals surface area contributed by atoms with Gasteiger partial charge in [0.2, 0.25) is 12.5 Å². The van der Waals surface area contributed by atoms with Crippen molar-refractivity contribution in [1.82, 2.24) is 10.2 Å². The molecule has 1 aromatic carbocycles. The van der Waals surface area contributed by atoms with Gasteiger partial charge in [-0.05, 0) is 17.7 Å². The monoisotopic (exact) mass is 275 g/mol. The molecule has 20 heavy (non-hydrogen) atoms. The van der Waals surface area contributed by atoms with E-state index in [1.807, 2.05) is 12.1 Å². The Morgan fingerprint density at radius 2 is 2.15 bits per heavy atom. The number of hydrogen-bond donors (Lipinski definition) is 1. The Bertz CT molecular complexity index is 535. The first kappa shape index (κ1) is 13.0. The highest BCUT2D eigenvalue weighted by Crippen LogP contribution is 2.43. The first-order chi connectivity index (χ1) is 9.83. The summed E-state index contributed by atoms with van der Waals surface area (Å²) < 4.78 is 16.1. The molecular formula is C14H17N3O3. The predicted octanol–water partition coefficient (Wildman–Crippen LogP) is 0.894. The standard InChI is InChI=1S/C14H17N3O3/c1-18-12-6-10(7-13-14(12)20-9-19-13)11(8-15)17-4-2-16-3-5-17/h6-7,11,16H,2-5,9H2,1H3. The largest absolute Gasteiger partial charge is 0.493 e. The van der Waals surface area contributed by atoms with Gasteiger partial charge < -0.3 is 19.5 Å². The Kier molecular flexibility index (Phi) is 3.63. The van der Waals surface area contributed by atoms with Gasteiger partial charge in [-0.2, -0.15) is 5.26 Å². The molecule has 0 saturated carbocycles. The molecule has 106 valence electrons. The molecule has 2 aliphatic heterocycles. The number of nitrogens with zero attached hydrogens (tertiary/aromatic N) is 2. The van der Waals surface area contributed by atoms with Crippen LogP contribution in [-0.2, 0) is 0 Å². The highest BCUT2D eigenvalue weighted by Gasteiger charge is 2.27. The summed E-state index contributed by atoms with van der Waals surface area (Å²) in [5.74, 6) is 1.88. The van der Waals surface area contributed by atoms with Crippen LogP contribution in [0.1, 0.15) is 11.6 Å². The fourth-order valence-electron chi connectivity index (χ4n) is 2.62. The summed E-state index contributed by atoms with van der Waals surface area (Å²) in [5, 5.41) is 12.8. The van der Waals surface area contributed by atoms with Crippen LogP contribution in [0.5, 0.6) is 17.2 Å². The molecule has 1 atom stereocenters. The Morgan fingerprint density at radius 1 is 1.35 bits per heavy atom. The lowest BCUT2D eigenvalue weighted by atomic mass is 10.0. The van der Waals surface area contributed by atoms with Gasteiger partial charge in [-0.15, -0.1) is 0 Å². The van der Waals surface area contributed by atoms with E-state index in [9.17, 15) is 5.26 Å². The molecule has 6 heteroatoms. The van der Waals surface area contributed by atoms with E-state index in [-0.39, 0.29) is 12.8 Å². The Morgan fingerprint density at radius 3 is 2.85 bits per heavy atom. The maximum Gasteiger partial charge on any atom is 0.231 e. The van der Waals surface area contributed by atoms with Gasteiger partial charge in [0.1, 0.15) is 6.04 Å². The Labute approximate surface area is 117 Å². The zero-order chi connectivity index (χ0) is 13.9. The van der Waals surface area contributed by atoms with Gasteiger partial charge in [-0.25, -0.2) is 0 Å². The molecule has 1 N–H and O–H groups in total. The highest BCUT2D eigenvalue weighted by atomic mass is 16.7. The van der Waals surface area contributed by atoms with E-state index in [0.29, 0.717) is 17.2 Å². The number of fused-ring (bicyclic) bond motifs is 1.